The molecule has 0 radical (unpaired) electrons. The molecule has 1 aliphatic carbocycles. The third-order valence-corrected chi connectivity index (χ3v) is 4.88. The van der Waals surface area contributed by atoms with Crippen LogP contribution in [0.4, 0.5) is 10.1 Å². The van der Waals surface area contributed by atoms with E-state index in [-0.39, 0.29) is 16.6 Å². The van der Waals surface area contributed by atoms with Crippen molar-refractivity contribution >= 4 is 15.7 Å². The zero-order valence-corrected chi connectivity index (χ0v) is 11.5. The normalized spacial score (nSPS) is 18.2. The van der Waals surface area contributed by atoms with E-state index in [9.17, 15) is 12.8 Å². The van der Waals surface area contributed by atoms with Crippen molar-refractivity contribution < 1.29 is 12.8 Å². The largest absolute Gasteiger partial charge is 0.399 e. The molecular formula is C13H19FN2O2S. The van der Waals surface area contributed by atoms with Crippen LogP contribution < -0.4 is 10.5 Å². The van der Waals surface area contributed by atoms with Crippen molar-refractivity contribution in [2.75, 3.05) is 5.73 Å². The number of sulfonamides is 1. The number of anilines is 1. The Morgan fingerprint density at radius 2 is 1.74 bits per heavy atom. The lowest BCUT2D eigenvalue weighted by atomic mass is 10.1. The molecule has 0 amide bonds. The molecular weight excluding hydrogens is 267 g/mol. The molecule has 0 aliphatic heterocycles. The molecule has 19 heavy (non-hydrogen) atoms. The van der Waals surface area contributed by atoms with Crippen LogP contribution in [0.2, 0.25) is 0 Å². The van der Waals surface area contributed by atoms with Crippen LogP contribution in [0.5, 0.6) is 0 Å². The minimum Gasteiger partial charge on any atom is -0.399 e. The molecule has 1 fully saturated rings. The molecule has 6 heteroatoms. The molecule has 0 bridgehead atoms. The number of benzene rings is 1. The fourth-order valence-electron chi connectivity index (χ4n) is 2.42. The maximum atomic E-state index is 13.2. The molecule has 0 aromatic heterocycles. The Bertz CT molecular complexity index is 517. The van der Waals surface area contributed by atoms with Crippen LogP contribution in [-0.2, 0) is 10.0 Å². The molecule has 0 atom stereocenters. The van der Waals surface area contributed by atoms with E-state index in [0.717, 1.165) is 50.7 Å². The molecule has 1 aliphatic rings. The average Bonchev–Trinajstić information content (AvgIpc) is 2.55. The number of nitrogens with two attached hydrogens (primary N) is 1. The summed E-state index contributed by atoms with van der Waals surface area (Å²) >= 11 is 0. The van der Waals surface area contributed by atoms with Crippen molar-refractivity contribution in [3.8, 4) is 0 Å². The summed E-state index contributed by atoms with van der Waals surface area (Å²) in [6.45, 7) is 0. The van der Waals surface area contributed by atoms with E-state index in [1.807, 2.05) is 0 Å². The number of nitrogen functional groups attached to an aromatic ring is 1. The van der Waals surface area contributed by atoms with Gasteiger partial charge in [-0.1, -0.05) is 25.7 Å². The van der Waals surface area contributed by atoms with E-state index >= 15 is 0 Å². The molecule has 3 N–H and O–H groups in total. The van der Waals surface area contributed by atoms with E-state index in [0.29, 0.717) is 0 Å². The first-order chi connectivity index (χ1) is 8.97. The van der Waals surface area contributed by atoms with E-state index in [2.05, 4.69) is 4.72 Å². The number of rotatable bonds is 3. The van der Waals surface area contributed by atoms with Crippen LogP contribution in [0.25, 0.3) is 0 Å². The Labute approximate surface area is 113 Å². The third kappa shape index (κ3) is 3.91. The first-order valence-corrected chi connectivity index (χ1v) is 8.04. The predicted octanol–water partition coefficient (Wildman–Crippen LogP) is 2.41. The lowest BCUT2D eigenvalue weighted by Crippen LogP contribution is -2.34. The third-order valence-electron chi connectivity index (χ3n) is 3.38. The smallest absolute Gasteiger partial charge is 0.240 e. The molecule has 0 spiro atoms. The van der Waals surface area contributed by atoms with E-state index < -0.39 is 15.8 Å². The lowest BCUT2D eigenvalue weighted by molar-refractivity contribution is 0.509. The van der Waals surface area contributed by atoms with Crippen LogP contribution in [0.1, 0.15) is 38.5 Å². The topological polar surface area (TPSA) is 72.2 Å². The summed E-state index contributed by atoms with van der Waals surface area (Å²) in [5, 5.41) is 0. The maximum Gasteiger partial charge on any atom is 0.240 e. The van der Waals surface area contributed by atoms with Crippen molar-refractivity contribution in [2.45, 2.75) is 49.5 Å². The van der Waals surface area contributed by atoms with Crippen molar-refractivity contribution in [2.24, 2.45) is 0 Å². The van der Waals surface area contributed by atoms with Gasteiger partial charge >= 0.3 is 0 Å². The lowest BCUT2D eigenvalue weighted by Gasteiger charge is -2.16. The zero-order chi connectivity index (χ0) is 13.9. The summed E-state index contributed by atoms with van der Waals surface area (Å²) in [5.41, 5.74) is 5.59. The van der Waals surface area contributed by atoms with Gasteiger partial charge in [-0.25, -0.2) is 17.5 Å². The summed E-state index contributed by atoms with van der Waals surface area (Å²) in [7, 11) is -3.69. The molecule has 0 heterocycles. The summed E-state index contributed by atoms with van der Waals surface area (Å²) in [5.74, 6) is -0.638. The van der Waals surface area contributed by atoms with Gasteiger partial charge in [0, 0.05) is 11.7 Å². The quantitative estimate of drug-likeness (QED) is 0.662. The Balaban J connectivity index is 2.17. The van der Waals surface area contributed by atoms with Gasteiger partial charge in [0.05, 0.1) is 4.90 Å². The van der Waals surface area contributed by atoms with Crippen molar-refractivity contribution in [3.05, 3.63) is 24.0 Å². The standard InChI is InChI=1S/C13H19FN2O2S/c14-10-7-11(15)9-13(8-10)19(17,18)16-12-5-3-1-2-4-6-12/h7-9,12,16H,1-6,15H2. The Kier molecular flexibility index (Phi) is 4.42. The molecule has 106 valence electrons. The van der Waals surface area contributed by atoms with Crippen molar-refractivity contribution in [1.29, 1.82) is 0 Å². The van der Waals surface area contributed by atoms with Crippen LogP contribution in [0, 0.1) is 5.82 Å². The summed E-state index contributed by atoms with van der Waals surface area (Å²) in [4.78, 5) is -0.103. The molecule has 1 aromatic rings. The molecule has 0 saturated heterocycles. The van der Waals surface area contributed by atoms with Crippen molar-refractivity contribution in [1.82, 2.24) is 4.72 Å². The van der Waals surface area contributed by atoms with Gasteiger partial charge in [0.2, 0.25) is 10.0 Å². The van der Waals surface area contributed by atoms with Crippen LogP contribution >= 0.6 is 0 Å². The minimum absolute atomic E-state index is 0.0583. The van der Waals surface area contributed by atoms with E-state index in [1.54, 1.807) is 0 Å². The van der Waals surface area contributed by atoms with Gasteiger partial charge in [-0.15, -0.1) is 0 Å². The van der Waals surface area contributed by atoms with Crippen LogP contribution in [0.3, 0.4) is 0 Å². The highest BCUT2D eigenvalue weighted by Crippen LogP contribution is 2.21. The number of hydrogen-bond donors (Lipinski definition) is 2. The molecule has 1 saturated carbocycles. The van der Waals surface area contributed by atoms with Crippen LogP contribution in [-0.4, -0.2) is 14.5 Å². The van der Waals surface area contributed by atoms with Gasteiger partial charge in [-0.05, 0) is 31.0 Å². The molecule has 2 rings (SSSR count). The average molecular weight is 286 g/mol. The molecule has 0 unspecified atom stereocenters. The second-order valence-electron chi connectivity index (χ2n) is 5.03. The van der Waals surface area contributed by atoms with Gasteiger partial charge in [0.15, 0.2) is 0 Å². The zero-order valence-electron chi connectivity index (χ0n) is 10.7. The fourth-order valence-corrected chi connectivity index (χ4v) is 3.79. The van der Waals surface area contributed by atoms with Gasteiger partial charge in [-0.3, -0.25) is 0 Å². The fraction of sp³-hybridized carbons (Fsp3) is 0.538. The van der Waals surface area contributed by atoms with Gasteiger partial charge in [0.1, 0.15) is 5.82 Å². The molecule has 4 nitrogen and oxygen atoms in total. The van der Waals surface area contributed by atoms with Gasteiger partial charge in [0.25, 0.3) is 0 Å². The van der Waals surface area contributed by atoms with E-state index in [1.165, 1.54) is 6.07 Å². The summed E-state index contributed by atoms with van der Waals surface area (Å²) < 4.78 is 40.3. The summed E-state index contributed by atoms with van der Waals surface area (Å²) in [6.07, 6.45) is 6.02. The number of hydrogen-bond acceptors (Lipinski definition) is 3. The second kappa shape index (κ2) is 5.88. The first-order valence-electron chi connectivity index (χ1n) is 6.56. The monoisotopic (exact) mass is 286 g/mol. The SMILES string of the molecule is Nc1cc(F)cc(S(=O)(=O)NC2CCCCCC2)c1. The Morgan fingerprint density at radius 1 is 1.11 bits per heavy atom. The highest BCUT2D eigenvalue weighted by Gasteiger charge is 2.21. The maximum absolute atomic E-state index is 13.2. The van der Waals surface area contributed by atoms with Crippen LogP contribution in [0.15, 0.2) is 23.1 Å². The minimum atomic E-state index is -3.69. The first kappa shape index (κ1) is 14.3. The van der Waals surface area contributed by atoms with Crippen molar-refractivity contribution in [3.63, 3.8) is 0 Å². The summed E-state index contributed by atoms with van der Waals surface area (Å²) in [6, 6.07) is 3.32. The highest BCUT2D eigenvalue weighted by molar-refractivity contribution is 7.89. The second-order valence-corrected chi connectivity index (χ2v) is 6.74. The highest BCUT2D eigenvalue weighted by atomic mass is 32.2. The van der Waals surface area contributed by atoms with Gasteiger partial charge in [-0.2, -0.15) is 0 Å². The Hall–Kier alpha value is -1.14. The van der Waals surface area contributed by atoms with E-state index in [4.69, 9.17) is 5.73 Å². The number of nitrogens with one attached hydrogen (secondary N) is 1. The molecule has 1 aromatic carbocycles. The predicted molar refractivity (Wildman–Crippen MR) is 72.6 cm³/mol. The number of halogens is 1. The Morgan fingerprint density at radius 3 is 2.32 bits per heavy atom. The van der Waals surface area contributed by atoms with Gasteiger partial charge < -0.3 is 5.73 Å².